The van der Waals surface area contributed by atoms with Crippen LogP contribution in [0.15, 0.2) is 59.4 Å². The largest absolute Gasteiger partial charge is 0.488 e. The number of thiazole rings is 1. The average Bonchev–Trinajstić information content (AvgIpc) is 3.24. The van der Waals surface area contributed by atoms with E-state index in [-0.39, 0.29) is 5.56 Å². The minimum atomic E-state index is -0.0775. The predicted molar refractivity (Wildman–Crippen MR) is 132 cm³/mol. The minimum Gasteiger partial charge on any atom is -0.488 e. The summed E-state index contributed by atoms with van der Waals surface area (Å²) < 4.78 is 8.33. The Balaban J connectivity index is 1.55. The van der Waals surface area contributed by atoms with Crippen molar-refractivity contribution in [1.82, 2.24) is 9.38 Å². The zero-order valence-electron chi connectivity index (χ0n) is 17.4. The Hall–Kier alpha value is -2.86. The number of para-hydroxylation sites is 1. The van der Waals surface area contributed by atoms with Crippen LogP contribution < -0.4 is 14.8 Å². The molecule has 7 heteroatoms. The number of imidazole rings is 1. The normalized spacial score (nSPS) is 12.2. The number of fused-ring (bicyclic) bond motifs is 3. The molecule has 5 aromatic rings. The van der Waals surface area contributed by atoms with Gasteiger partial charge in [-0.2, -0.15) is 0 Å². The number of benzene rings is 3. The van der Waals surface area contributed by atoms with Crippen LogP contribution in [0.2, 0.25) is 10.0 Å². The van der Waals surface area contributed by atoms with Crippen molar-refractivity contribution in [1.29, 1.82) is 0 Å². The number of hydrogen-bond donors (Lipinski definition) is 0. The summed E-state index contributed by atoms with van der Waals surface area (Å²) in [4.78, 5) is 18.6. The topological polar surface area (TPSA) is 43.6 Å². The van der Waals surface area contributed by atoms with Crippen LogP contribution in [0.3, 0.4) is 0 Å². The van der Waals surface area contributed by atoms with Crippen LogP contribution in [0.25, 0.3) is 22.1 Å². The Kier molecular flexibility index (Phi) is 5.41. The molecule has 4 nitrogen and oxygen atoms in total. The van der Waals surface area contributed by atoms with Gasteiger partial charge in [-0.25, -0.2) is 9.38 Å². The molecule has 3 aromatic carbocycles. The number of aryl methyl sites for hydroxylation is 2. The lowest BCUT2D eigenvalue weighted by molar-refractivity contribution is 0.305. The van der Waals surface area contributed by atoms with E-state index in [4.69, 9.17) is 27.9 Å². The molecule has 0 aliphatic rings. The van der Waals surface area contributed by atoms with Crippen molar-refractivity contribution in [3.8, 4) is 5.75 Å². The molecule has 32 heavy (non-hydrogen) atoms. The van der Waals surface area contributed by atoms with Gasteiger partial charge in [-0.05, 0) is 61.4 Å². The Morgan fingerprint density at radius 1 is 1.06 bits per heavy atom. The molecule has 2 aromatic heterocycles. The first-order chi connectivity index (χ1) is 15.4. The summed E-state index contributed by atoms with van der Waals surface area (Å²) in [5.74, 6) is 0.667. The number of halogens is 2. The van der Waals surface area contributed by atoms with E-state index >= 15 is 0 Å². The van der Waals surface area contributed by atoms with Gasteiger partial charge in [0.15, 0.2) is 4.96 Å². The van der Waals surface area contributed by atoms with E-state index in [1.807, 2.05) is 62.4 Å². The molecule has 0 amide bonds. The second kappa shape index (κ2) is 8.24. The summed E-state index contributed by atoms with van der Waals surface area (Å²) in [5, 5.41) is 1.13. The van der Waals surface area contributed by atoms with Crippen LogP contribution in [-0.4, -0.2) is 9.38 Å². The lowest BCUT2D eigenvalue weighted by Crippen LogP contribution is -2.22. The first kappa shape index (κ1) is 21.0. The Morgan fingerprint density at radius 3 is 2.66 bits per heavy atom. The van der Waals surface area contributed by atoms with Crippen LogP contribution >= 0.6 is 34.5 Å². The average molecular weight is 481 g/mol. The van der Waals surface area contributed by atoms with E-state index in [1.165, 1.54) is 11.3 Å². The monoisotopic (exact) mass is 480 g/mol. The molecule has 0 aliphatic heterocycles. The molecule has 0 spiro atoms. The van der Waals surface area contributed by atoms with Crippen molar-refractivity contribution in [3.05, 3.63) is 102 Å². The van der Waals surface area contributed by atoms with Crippen LogP contribution in [0.5, 0.6) is 5.75 Å². The van der Waals surface area contributed by atoms with E-state index in [1.54, 1.807) is 16.5 Å². The van der Waals surface area contributed by atoms with Gasteiger partial charge in [0.2, 0.25) is 0 Å². The zero-order chi connectivity index (χ0) is 22.4. The van der Waals surface area contributed by atoms with E-state index in [0.29, 0.717) is 31.9 Å². The third kappa shape index (κ3) is 3.77. The molecule has 0 saturated heterocycles. The highest BCUT2D eigenvalue weighted by molar-refractivity contribution is 7.15. The van der Waals surface area contributed by atoms with Crippen LogP contribution in [0.4, 0.5) is 0 Å². The van der Waals surface area contributed by atoms with Crippen molar-refractivity contribution in [2.24, 2.45) is 0 Å². The van der Waals surface area contributed by atoms with Gasteiger partial charge in [-0.15, -0.1) is 0 Å². The standard InChI is InChI=1S/C25H18Cl2N2O2S/c1-14-9-20-21(10-15(14)2)29-24(30)23(32-25(29)28-20)11-16-5-3-4-6-22(16)31-13-17-7-8-18(26)12-19(17)27/h3-12H,13H2,1-2H3/b23-11+. The number of hydrogen-bond acceptors (Lipinski definition) is 4. The third-order valence-corrected chi connectivity index (χ3v) is 7.01. The highest BCUT2D eigenvalue weighted by Gasteiger charge is 2.13. The molecule has 0 radical (unpaired) electrons. The molecule has 0 atom stereocenters. The molecule has 0 unspecified atom stereocenters. The molecule has 0 saturated carbocycles. The molecule has 160 valence electrons. The van der Waals surface area contributed by atoms with E-state index < -0.39 is 0 Å². The van der Waals surface area contributed by atoms with Crippen molar-refractivity contribution >= 4 is 56.6 Å². The molecule has 2 heterocycles. The van der Waals surface area contributed by atoms with Gasteiger partial charge >= 0.3 is 0 Å². The number of nitrogens with zero attached hydrogens (tertiary/aromatic N) is 2. The van der Waals surface area contributed by atoms with Gasteiger partial charge < -0.3 is 4.74 Å². The van der Waals surface area contributed by atoms with Gasteiger partial charge in [-0.1, -0.05) is 58.8 Å². The maximum atomic E-state index is 13.2. The molecular weight excluding hydrogens is 463 g/mol. The highest BCUT2D eigenvalue weighted by atomic mass is 35.5. The lowest BCUT2D eigenvalue weighted by Gasteiger charge is -2.10. The highest BCUT2D eigenvalue weighted by Crippen LogP contribution is 2.25. The zero-order valence-corrected chi connectivity index (χ0v) is 19.7. The molecule has 0 aliphatic carbocycles. The minimum absolute atomic E-state index is 0.0775. The Labute approximate surface area is 198 Å². The van der Waals surface area contributed by atoms with Crippen LogP contribution in [0, 0.1) is 13.8 Å². The fraction of sp³-hybridized carbons (Fsp3) is 0.120. The molecule has 0 N–H and O–H groups in total. The Morgan fingerprint density at radius 2 is 1.84 bits per heavy atom. The Bertz CT molecular complexity index is 1600. The van der Waals surface area contributed by atoms with E-state index in [9.17, 15) is 4.79 Å². The third-order valence-electron chi connectivity index (χ3n) is 5.46. The van der Waals surface area contributed by atoms with Crippen LogP contribution in [-0.2, 0) is 6.61 Å². The second-order valence-corrected chi connectivity index (χ2v) is 9.49. The fourth-order valence-electron chi connectivity index (χ4n) is 3.59. The first-order valence-electron chi connectivity index (χ1n) is 10.0. The summed E-state index contributed by atoms with van der Waals surface area (Å²) in [7, 11) is 0. The second-order valence-electron chi connectivity index (χ2n) is 7.63. The number of rotatable bonds is 4. The van der Waals surface area contributed by atoms with Gasteiger partial charge in [0.05, 0.1) is 15.6 Å². The summed E-state index contributed by atoms with van der Waals surface area (Å²) in [5.41, 5.74) is 5.55. The quantitative estimate of drug-likeness (QED) is 0.318. The van der Waals surface area contributed by atoms with Gasteiger partial charge in [0.1, 0.15) is 12.4 Å². The maximum Gasteiger partial charge on any atom is 0.274 e. The molecule has 0 bridgehead atoms. The fourth-order valence-corrected chi connectivity index (χ4v) is 5.03. The summed E-state index contributed by atoms with van der Waals surface area (Å²) >= 11 is 13.6. The van der Waals surface area contributed by atoms with Crippen molar-refractivity contribution in [3.63, 3.8) is 0 Å². The van der Waals surface area contributed by atoms with Crippen molar-refractivity contribution in [2.75, 3.05) is 0 Å². The number of ether oxygens (including phenoxy) is 1. The summed E-state index contributed by atoms with van der Waals surface area (Å²) in [6.45, 7) is 4.38. The smallest absolute Gasteiger partial charge is 0.274 e. The van der Waals surface area contributed by atoms with Gasteiger partial charge in [-0.3, -0.25) is 4.79 Å². The lowest BCUT2D eigenvalue weighted by atomic mass is 10.1. The maximum absolute atomic E-state index is 13.2. The van der Waals surface area contributed by atoms with Gasteiger partial charge in [0, 0.05) is 21.2 Å². The summed E-state index contributed by atoms with van der Waals surface area (Å²) in [6, 6.07) is 17.0. The molecule has 0 fully saturated rings. The molecule has 5 rings (SSSR count). The van der Waals surface area contributed by atoms with Gasteiger partial charge in [0.25, 0.3) is 5.56 Å². The number of aromatic nitrogens is 2. The van der Waals surface area contributed by atoms with E-state index in [0.717, 1.165) is 33.3 Å². The van der Waals surface area contributed by atoms with Crippen molar-refractivity contribution < 1.29 is 4.74 Å². The predicted octanol–water partition coefficient (Wildman–Crippen LogP) is 5.96. The summed E-state index contributed by atoms with van der Waals surface area (Å²) in [6.07, 6.45) is 1.85. The first-order valence-corrected chi connectivity index (χ1v) is 11.6. The SMILES string of the molecule is Cc1cc2nc3s/c(=C/c4ccccc4OCc4ccc(Cl)cc4Cl)c(=O)n3c2cc1C. The van der Waals surface area contributed by atoms with Crippen LogP contribution in [0.1, 0.15) is 22.3 Å². The van der Waals surface area contributed by atoms with Crippen molar-refractivity contribution in [2.45, 2.75) is 20.5 Å². The molecular formula is C25H18Cl2N2O2S. The van der Waals surface area contributed by atoms with E-state index in [2.05, 4.69) is 4.98 Å².